The maximum absolute atomic E-state index is 12.1. The van der Waals surface area contributed by atoms with Gasteiger partial charge in [0, 0.05) is 12.2 Å². The summed E-state index contributed by atoms with van der Waals surface area (Å²) in [5.41, 5.74) is 1.94. The normalized spacial score (nSPS) is 11.8. The number of anilines is 1. The van der Waals surface area contributed by atoms with Gasteiger partial charge in [0.15, 0.2) is 5.11 Å². The van der Waals surface area contributed by atoms with Crippen molar-refractivity contribution in [1.82, 2.24) is 5.32 Å². The van der Waals surface area contributed by atoms with Crippen LogP contribution < -0.4 is 15.4 Å². The van der Waals surface area contributed by atoms with Crippen LogP contribution in [0.15, 0.2) is 54.6 Å². The van der Waals surface area contributed by atoms with Crippen LogP contribution in [0.5, 0.6) is 5.75 Å². The summed E-state index contributed by atoms with van der Waals surface area (Å²) in [5.74, 6) is 0.430. The van der Waals surface area contributed by atoms with E-state index in [1.54, 1.807) is 12.1 Å². The molecule has 2 rings (SSSR count). The topological polar surface area (TPSA) is 33.3 Å². The molecule has 2 aromatic carbocycles. The van der Waals surface area contributed by atoms with Crippen LogP contribution in [-0.4, -0.2) is 18.3 Å². The standard InChI is InChI=1S/C17H18F2N2OS/c1-12(13-5-3-2-4-6-13)11-20-17(23)21-14-7-9-15(10-8-14)22-16(18)19/h2-10,12,16H,11H2,1H3,(H2,20,21,23)/t12-/m1/s1. The van der Waals surface area contributed by atoms with Crippen molar-refractivity contribution >= 4 is 23.0 Å². The summed E-state index contributed by atoms with van der Waals surface area (Å²) < 4.78 is 28.4. The zero-order chi connectivity index (χ0) is 16.7. The predicted molar refractivity (Wildman–Crippen MR) is 92.2 cm³/mol. The number of thiocarbonyl (C=S) groups is 1. The van der Waals surface area contributed by atoms with E-state index >= 15 is 0 Å². The summed E-state index contributed by atoms with van der Waals surface area (Å²) in [5, 5.41) is 6.63. The fourth-order valence-corrected chi connectivity index (χ4v) is 2.24. The molecule has 0 aromatic heterocycles. The number of hydrogen-bond donors (Lipinski definition) is 2. The first kappa shape index (κ1) is 17.1. The van der Waals surface area contributed by atoms with E-state index in [2.05, 4.69) is 34.4 Å². The maximum Gasteiger partial charge on any atom is 0.387 e. The first-order chi connectivity index (χ1) is 11.0. The van der Waals surface area contributed by atoms with Gasteiger partial charge in [-0.15, -0.1) is 0 Å². The third-order valence-electron chi connectivity index (χ3n) is 3.27. The van der Waals surface area contributed by atoms with Gasteiger partial charge in [0.2, 0.25) is 0 Å². The minimum absolute atomic E-state index is 0.113. The Labute approximate surface area is 139 Å². The fraction of sp³-hybridized carbons (Fsp3) is 0.235. The van der Waals surface area contributed by atoms with Crippen molar-refractivity contribution in [3.63, 3.8) is 0 Å². The molecule has 0 radical (unpaired) electrons. The molecule has 0 saturated carbocycles. The molecule has 2 N–H and O–H groups in total. The molecule has 23 heavy (non-hydrogen) atoms. The van der Waals surface area contributed by atoms with E-state index in [4.69, 9.17) is 12.2 Å². The van der Waals surface area contributed by atoms with E-state index < -0.39 is 6.61 Å². The Morgan fingerprint density at radius 2 is 1.74 bits per heavy atom. The third kappa shape index (κ3) is 5.83. The first-order valence-electron chi connectivity index (χ1n) is 7.19. The second-order valence-electron chi connectivity index (χ2n) is 5.05. The summed E-state index contributed by atoms with van der Waals surface area (Å²) in [4.78, 5) is 0. The summed E-state index contributed by atoms with van der Waals surface area (Å²) in [6.45, 7) is -0.0138. The van der Waals surface area contributed by atoms with Crippen LogP contribution in [0.2, 0.25) is 0 Å². The lowest BCUT2D eigenvalue weighted by Gasteiger charge is -2.15. The number of benzene rings is 2. The van der Waals surface area contributed by atoms with Gasteiger partial charge in [-0.25, -0.2) is 0 Å². The van der Waals surface area contributed by atoms with Crippen molar-refractivity contribution in [2.24, 2.45) is 0 Å². The molecule has 0 fully saturated rings. The molecule has 0 unspecified atom stereocenters. The van der Waals surface area contributed by atoms with Crippen molar-refractivity contribution in [1.29, 1.82) is 0 Å². The second-order valence-corrected chi connectivity index (χ2v) is 5.46. The van der Waals surface area contributed by atoms with Crippen molar-refractivity contribution in [2.75, 3.05) is 11.9 Å². The molecule has 0 spiro atoms. The highest BCUT2D eigenvalue weighted by Gasteiger charge is 2.07. The molecule has 1 atom stereocenters. The average Bonchev–Trinajstić information content (AvgIpc) is 2.55. The van der Waals surface area contributed by atoms with Gasteiger partial charge >= 0.3 is 6.61 Å². The highest BCUT2D eigenvalue weighted by molar-refractivity contribution is 7.80. The van der Waals surface area contributed by atoms with Gasteiger partial charge in [-0.05, 0) is 48.0 Å². The highest BCUT2D eigenvalue weighted by atomic mass is 32.1. The first-order valence-corrected chi connectivity index (χ1v) is 7.60. The van der Waals surface area contributed by atoms with Crippen LogP contribution in [0.4, 0.5) is 14.5 Å². The minimum atomic E-state index is -2.82. The molecule has 0 saturated heterocycles. The Bertz CT molecular complexity index is 620. The number of ether oxygens (including phenoxy) is 1. The second kappa shape index (κ2) is 8.43. The molecule has 0 amide bonds. The van der Waals surface area contributed by atoms with Gasteiger partial charge in [-0.1, -0.05) is 37.3 Å². The summed E-state index contributed by atoms with van der Waals surface area (Å²) in [6.07, 6.45) is 0. The largest absolute Gasteiger partial charge is 0.435 e. The molecule has 0 aliphatic rings. The molecule has 0 heterocycles. The Hall–Kier alpha value is -2.21. The summed E-state index contributed by atoms with van der Waals surface area (Å²) >= 11 is 5.23. The Balaban J connectivity index is 1.80. The van der Waals surface area contributed by atoms with Crippen LogP contribution in [0.1, 0.15) is 18.4 Å². The lowest BCUT2D eigenvalue weighted by atomic mass is 10.0. The summed E-state index contributed by atoms with van der Waals surface area (Å²) in [7, 11) is 0. The van der Waals surface area contributed by atoms with Crippen molar-refractivity contribution in [2.45, 2.75) is 19.5 Å². The number of alkyl halides is 2. The zero-order valence-corrected chi connectivity index (χ0v) is 13.4. The van der Waals surface area contributed by atoms with Crippen LogP contribution in [0.25, 0.3) is 0 Å². The van der Waals surface area contributed by atoms with Gasteiger partial charge in [-0.2, -0.15) is 8.78 Å². The van der Waals surface area contributed by atoms with Gasteiger partial charge in [0.25, 0.3) is 0 Å². The molecular weight excluding hydrogens is 318 g/mol. The van der Waals surface area contributed by atoms with E-state index in [1.807, 2.05) is 18.2 Å². The van der Waals surface area contributed by atoms with Crippen molar-refractivity contribution < 1.29 is 13.5 Å². The lowest BCUT2D eigenvalue weighted by molar-refractivity contribution is -0.0498. The van der Waals surface area contributed by atoms with Crippen LogP contribution in [-0.2, 0) is 0 Å². The molecule has 0 bridgehead atoms. The summed E-state index contributed by atoms with van der Waals surface area (Å²) in [6, 6.07) is 16.3. The lowest BCUT2D eigenvalue weighted by Crippen LogP contribution is -2.31. The van der Waals surface area contributed by atoms with E-state index in [0.29, 0.717) is 23.3 Å². The minimum Gasteiger partial charge on any atom is -0.435 e. The van der Waals surface area contributed by atoms with E-state index in [0.717, 1.165) is 0 Å². The molecule has 3 nitrogen and oxygen atoms in total. The fourth-order valence-electron chi connectivity index (χ4n) is 2.04. The number of hydrogen-bond acceptors (Lipinski definition) is 2. The van der Waals surface area contributed by atoms with E-state index in [1.165, 1.54) is 17.7 Å². The molecule has 6 heteroatoms. The van der Waals surface area contributed by atoms with Gasteiger partial charge in [0.05, 0.1) is 0 Å². The third-order valence-corrected chi connectivity index (χ3v) is 3.52. The van der Waals surface area contributed by atoms with Crippen LogP contribution in [0, 0.1) is 0 Å². The Morgan fingerprint density at radius 1 is 1.09 bits per heavy atom. The molecule has 0 aliphatic heterocycles. The van der Waals surface area contributed by atoms with Gasteiger partial charge in [-0.3, -0.25) is 0 Å². The van der Waals surface area contributed by atoms with Gasteiger partial charge < -0.3 is 15.4 Å². The van der Waals surface area contributed by atoms with Crippen LogP contribution in [0.3, 0.4) is 0 Å². The highest BCUT2D eigenvalue weighted by Crippen LogP contribution is 2.18. The predicted octanol–water partition coefficient (Wildman–Crippen LogP) is 4.38. The van der Waals surface area contributed by atoms with Crippen molar-refractivity contribution in [3.8, 4) is 5.75 Å². The smallest absolute Gasteiger partial charge is 0.387 e. The molecular formula is C17H18F2N2OS. The molecule has 0 aliphatic carbocycles. The Kier molecular flexibility index (Phi) is 6.29. The zero-order valence-electron chi connectivity index (χ0n) is 12.6. The van der Waals surface area contributed by atoms with E-state index in [-0.39, 0.29) is 5.75 Å². The van der Waals surface area contributed by atoms with E-state index in [9.17, 15) is 8.78 Å². The Morgan fingerprint density at radius 3 is 2.35 bits per heavy atom. The van der Waals surface area contributed by atoms with Gasteiger partial charge in [0.1, 0.15) is 5.75 Å². The molecule has 2 aromatic rings. The SMILES string of the molecule is C[C@H](CNC(=S)Nc1ccc(OC(F)F)cc1)c1ccccc1. The maximum atomic E-state index is 12.1. The van der Waals surface area contributed by atoms with Crippen LogP contribution >= 0.6 is 12.2 Å². The van der Waals surface area contributed by atoms with Crippen molar-refractivity contribution in [3.05, 3.63) is 60.2 Å². The number of nitrogens with one attached hydrogen (secondary N) is 2. The molecule has 122 valence electrons. The average molecular weight is 336 g/mol. The monoisotopic (exact) mass is 336 g/mol. The quantitative estimate of drug-likeness (QED) is 0.767. The number of halogens is 2. The number of rotatable bonds is 6.